The second kappa shape index (κ2) is 9.80. The van der Waals surface area contributed by atoms with Gasteiger partial charge in [-0.1, -0.05) is 18.2 Å². The minimum Gasteiger partial charge on any atom is -0.353 e. The van der Waals surface area contributed by atoms with Crippen molar-refractivity contribution in [2.45, 2.75) is 26.3 Å². The van der Waals surface area contributed by atoms with Crippen LogP contribution >= 0.6 is 0 Å². The van der Waals surface area contributed by atoms with Crippen molar-refractivity contribution in [3.63, 3.8) is 0 Å². The van der Waals surface area contributed by atoms with E-state index in [0.717, 1.165) is 12.2 Å². The first-order chi connectivity index (χ1) is 17.9. The summed E-state index contributed by atoms with van der Waals surface area (Å²) in [6.45, 7) is 5.38. The van der Waals surface area contributed by atoms with Crippen molar-refractivity contribution in [1.29, 1.82) is 0 Å². The van der Waals surface area contributed by atoms with Gasteiger partial charge < -0.3 is 15.5 Å². The molecule has 0 radical (unpaired) electrons. The monoisotopic (exact) mass is 503 g/mol. The number of amides is 3. The Hall–Kier alpha value is -4.61. The summed E-state index contributed by atoms with van der Waals surface area (Å²) in [5.41, 5.74) is 1.71. The molecule has 192 valence electrons. The molecule has 3 amide bonds. The lowest BCUT2D eigenvalue weighted by molar-refractivity contribution is 0.0938. The fraction of sp³-hybridized carbons (Fsp3) is 0.320. The maximum atomic E-state index is 13.2. The predicted molar refractivity (Wildman–Crippen MR) is 140 cm³/mol. The number of imidazole rings is 1. The van der Waals surface area contributed by atoms with Crippen molar-refractivity contribution in [3.05, 3.63) is 70.3 Å². The molecule has 1 saturated heterocycles. The lowest BCUT2D eigenvalue weighted by atomic mass is 10.2. The number of para-hydroxylation sites is 1. The van der Waals surface area contributed by atoms with E-state index in [9.17, 15) is 14.4 Å². The fourth-order valence-electron chi connectivity index (χ4n) is 4.60. The van der Waals surface area contributed by atoms with Crippen molar-refractivity contribution in [2.75, 3.05) is 29.9 Å². The second-order valence-electron chi connectivity index (χ2n) is 8.95. The third kappa shape index (κ3) is 4.65. The van der Waals surface area contributed by atoms with E-state index in [2.05, 4.69) is 30.9 Å². The number of urea groups is 1. The summed E-state index contributed by atoms with van der Waals surface area (Å²) in [6.07, 6.45) is 2.37. The molecule has 3 aromatic heterocycles. The molecule has 4 aromatic rings. The topological polar surface area (TPSA) is 131 Å². The number of hydrogen-bond acceptors (Lipinski definition) is 6. The summed E-state index contributed by atoms with van der Waals surface area (Å²) in [7, 11) is 1.77. The highest BCUT2D eigenvalue weighted by atomic mass is 16.2. The van der Waals surface area contributed by atoms with E-state index >= 15 is 0 Å². The Labute approximate surface area is 212 Å². The van der Waals surface area contributed by atoms with Crippen molar-refractivity contribution in [2.24, 2.45) is 7.05 Å². The molecule has 12 nitrogen and oxygen atoms in total. The Morgan fingerprint density at radius 2 is 1.92 bits per heavy atom. The Morgan fingerprint density at radius 3 is 2.68 bits per heavy atom. The van der Waals surface area contributed by atoms with Gasteiger partial charge in [0.25, 0.3) is 11.5 Å². The maximum Gasteiger partial charge on any atom is 0.320 e. The first-order valence-electron chi connectivity index (χ1n) is 12.2. The smallest absolute Gasteiger partial charge is 0.320 e. The molecule has 0 spiro atoms. The molecule has 0 unspecified atom stereocenters. The van der Waals surface area contributed by atoms with Gasteiger partial charge in [-0.05, 0) is 44.5 Å². The van der Waals surface area contributed by atoms with Crippen LogP contribution in [0.15, 0.2) is 53.5 Å². The van der Waals surface area contributed by atoms with Crippen LogP contribution in [0, 0.1) is 6.92 Å². The van der Waals surface area contributed by atoms with Gasteiger partial charge in [0.2, 0.25) is 0 Å². The van der Waals surface area contributed by atoms with Crippen molar-refractivity contribution < 1.29 is 9.59 Å². The quantitative estimate of drug-likeness (QED) is 0.367. The molecular formula is C25H29N9O3. The van der Waals surface area contributed by atoms with E-state index < -0.39 is 0 Å². The van der Waals surface area contributed by atoms with Crippen LogP contribution < -0.4 is 26.4 Å². The summed E-state index contributed by atoms with van der Waals surface area (Å²) < 4.78 is 4.82. The zero-order chi connectivity index (χ0) is 26.1. The van der Waals surface area contributed by atoms with Gasteiger partial charge in [-0.2, -0.15) is 0 Å². The van der Waals surface area contributed by atoms with Crippen LogP contribution in [0.5, 0.6) is 0 Å². The van der Waals surface area contributed by atoms with Gasteiger partial charge in [0.1, 0.15) is 11.4 Å². The van der Waals surface area contributed by atoms with Gasteiger partial charge in [0.15, 0.2) is 11.5 Å². The van der Waals surface area contributed by atoms with E-state index in [4.69, 9.17) is 0 Å². The first-order valence-corrected chi connectivity index (χ1v) is 12.2. The van der Waals surface area contributed by atoms with Crippen LogP contribution in [-0.2, 0) is 7.05 Å². The van der Waals surface area contributed by atoms with E-state index in [-0.39, 0.29) is 29.1 Å². The first kappa shape index (κ1) is 24.1. The lowest BCUT2D eigenvalue weighted by Crippen LogP contribution is -2.39. The van der Waals surface area contributed by atoms with E-state index in [1.54, 1.807) is 29.4 Å². The highest BCUT2D eigenvalue weighted by Gasteiger charge is 2.29. The standard InChI is InChI=1S/C25H29N9O3/c1-4-26-25(37)29-19-15-33-20(28-19)10-11-21(30-33)32-13-12-17(14-32)27-23(35)22-16(2)31(3)34(24(22)36)18-8-6-5-7-9-18/h5-11,15,17H,4,12-14H2,1-3H3,(H,27,35)(H2,26,29,37)/t17-/m0/s1. The molecule has 1 atom stereocenters. The van der Waals surface area contributed by atoms with Gasteiger partial charge in [-0.25, -0.2) is 19.0 Å². The lowest BCUT2D eigenvalue weighted by Gasteiger charge is -2.17. The third-order valence-corrected chi connectivity index (χ3v) is 6.51. The second-order valence-corrected chi connectivity index (χ2v) is 8.95. The number of aromatic nitrogens is 5. The molecule has 1 aliphatic rings. The Balaban J connectivity index is 1.28. The molecule has 1 aromatic carbocycles. The molecular weight excluding hydrogens is 474 g/mol. The average molecular weight is 504 g/mol. The molecule has 1 fully saturated rings. The number of benzene rings is 1. The van der Waals surface area contributed by atoms with Gasteiger partial charge in [-0.3, -0.25) is 19.6 Å². The van der Waals surface area contributed by atoms with Crippen LogP contribution in [0.2, 0.25) is 0 Å². The Kier molecular flexibility index (Phi) is 6.38. The SMILES string of the molecule is CCNC(=O)Nc1cn2nc(N3CC[C@H](NC(=O)c4c(C)n(C)n(-c5ccccc5)c4=O)C3)ccc2n1. The molecule has 0 saturated carbocycles. The molecule has 5 rings (SSSR count). The zero-order valence-electron chi connectivity index (χ0n) is 20.9. The average Bonchev–Trinajstić information content (AvgIpc) is 3.55. The van der Waals surface area contributed by atoms with Crippen LogP contribution in [0.1, 0.15) is 29.4 Å². The number of carbonyl (C=O) groups is 2. The van der Waals surface area contributed by atoms with E-state index in [0.29, 0.717) is 42.5 Å². The van der Waals surface area contributed by atoms with E-state index in [1.807, 2.05) is 49.4 Å². The maximum absolute atomic E-state index is 13.2. The van der Waals surface area contributed by atoms with Gasteiger partial charge >= 0.3 is 6.03 Å². The summed E-state index contributed by atoms with van der Waals surface area (Å²) in [6, 6.07) is 12.5. The number of hydrogen-bond donors (Lipinski definition) is 3. The minimum absolute atomic E-state index is 0.132. The minimum atomic E-state index is -0.376. The molecule has 12 heteroatoms. The number of nitrogens with one attached hydrogen (secondary N) is 3. The van der Waals surface area contributed by atoms with Crippen molar-refractivity contribution in [3.8, 4) is 5.69 Å². The van der Waals surface area contributed by atoms with Crippen LogP contribution in [0.25, 0.3) is 11.3 Å². The van der Waals surface area contributed by atoms with E-state index in [1.165, 1.54) is 4.68 Å². The molecule has 1 aliphatic heterocycles. The Bertz CT molecular complexity index is 1520. The van der Waals surface area contributed by atoms with Gasteiger partial charge in [0, 0.05) is 32.7 Å². The highest BCUT2D eigenvalue weighted by Crippen LogP contribution is 2.20. The molecule has 4 heterocycles. The largest absolute Gasteiger partial charge is 0.353 e. The van der Waals surface area contributed by atoms with Crippen LogP contribution in [0.3, 0.4) is 0 Å². The molecule has 0 bridgehead atoms. The van der Waals surface area contributed by atoms with Crippen LogP contribution in [0.4, 0.5) is 16.4 Å². The highest BCUT2D eigenvalue weighted by molar-refractivity contribution is 5.95. The van der Waals surface area contributed by atoms with Crippen molar-refractivity contribution in [1.82, 2.24) is 34.6 Å². The Morgan fingerprint density at radius 1 is 1.14 bits per heavy atom. The summed E-state index contributed by atoms with van der Waals surface area (Å²) in [4.78, 5) is 44.5. The van der Waals surface area contributed by atoms with Gasteiger partial charge in [-0.15, -0.1) is 5.10 Å². The number of carbonyl (C=O) groups excluding carboxylic acids is 2. The number of fused-ring (bicyclic) bond motifs is 1. The van der Waals surface area contributed by atoms with Crippen molar-refractivity contribution >= 4 is 29.2 Å². The van der Waals surface area contributed by atoms with Gasteiger partial charge in [0.05, 0.1) is 17.6 Å². The molecule has 37 heavy (non-hydrogen) atoms. The molecule has 0 aliphatic carbocycles. The fourth-order valence-corrected chi connectivity index (χ4v) is 4.60. The number of rotatable bonds is 6. The number of anilines is 2. The van der Waals surface area contributed by atoms with Crippen LogP contribution in [-0.4, -0.2) is 61.6 Å². The predicted octanol–water partition coefficient (Wildman–Crippen LogP) is 1.68. The zero-order valence-corrected chi connectivity index (χ0v) is 20.9. The normalized spacial score (nSPS) is 15.2. The summed E-state index contributed by atoms with van der Waals surface area (Å²) in [5, 5.41) is 13.0. The summed E-state index contributed by atoms with van der Waals surface area (Å²) in [5.74, 6) is 0.758. The third-order valence-electron chi connectivity index (χ3n) is 6.51. The summed E-state index contributed by atoms with van der Waals surface area (Å²) >= 11 is 0. The molecule has 3 N–H and O–H groups in total. The number of nitrogens with zero attached hydrogens (tertiary/aromatic N) is 6.